The second kappa shape index (κ2) is 7.98. The van der Waals surface area contributed by atoms with Crippen molar-refractivity contribution in [3.8, 4) is 11.3 Å². The maximum absolute atomic E-state index is 12.4. The number of hydrogen-bond acceptors (Lipinski definition) is 2. The molecule has 0 aliphatic heterocycles. The lowest BCUT2D eigenvalue weighted by molar-refractivity contribution is 0.0997. The molecule has 0 aliphatic rings. The van der Waals surface area contributed by atoms with Crippen LogP contribution in [0.25, 0.3) is 11.3 Å². The molecule has 0 bridgehead atoms. The van der Waals surface area contributed by atoms with Crippen molar-refractivity contribution in [1.29, 1.82) is 0 Å². The first-order valence-corrected chi connectivity index (χ1v) is 9.20. The van der Waals surface area contributed by atoms with E-state index in [1.807, 2.05) is 24.3 Å². The second-order valence-electron chi connectivity index (χ2n) is 6.17. The van der Waals surface area contributed by atoms with E-state index in [2.05, 4.69) is 19.2 Å². The van der Waals surface area contributed by atoms with Crippen LogP contribution in [-0.2, 0) is 0 Å². The molecule has 1 aromatic heterocycles. The Labute approximate surface area is 162 Å². The molecule has 1 unspecified atom stereocenters. The fourth-order valence-electron chi connectivity index (χ4n) is 2.62. The first-order valence-electron chi connectivity index (χ1n) is 8.44. The molecule has 5 heteroatoms. The lowest BCUT2D eigenvalue weighted by Crippen LogP contribution is -2.10. The summed E-state index contributed by atoms with van der Waals surface area (Å²) in [5, 5.41) is 3.86. The topological polar surface area (TPSA) is 42.2 Å². The molecule has 3 rings (SSSR count). The Hall–Kier alpha value is -2.23. The van der Waals surface area contributed by atoms with Gasteiger partial charge in [0.25, 0.3) is 5.91 Å². The van der Waals surface area contributed by atoms with Crippen molar-refractivity contribution in [2.24, 2.45) is 0 Å². The lowest BCUT2D eigenvalue weighted by atomic mass is 9.99. The highest BCUT2D eigenvalue weighted by Crippen LogP contribution is 2.31. The molecule has 1 amide bonds. The molecule has 3 nitrogen and oxygen atoms in total. The van der Waals surface area contributed by atoms with E-state index in [1.54, 1.807) is 30.3 Å². The van der Waals surface area contributed by atoms with Gasteiger partial charge in [-0.1, -0.05) is 49.2 Å². The van der Waals surface area contributed by atoms with Crippen molar-refractivity contribution in [2.45, 2.75) is 26.2 Å². The van der Waals surface area contributed by atoms with Crippen LogP contribution in [0.3, 0.4) is 0 Å². The average Bonchev–Trinajstić information content (AvgIpc) is 3.11. The first kappa shape index (κ1) is 18.6. The summed E-state index contributed by atoms with van der Waals surface area (Å²) in [5.74, 6) is 0.926. The maximum atomic E-state index is 12.4. The predicted molar refractivity (Wildman–Crippen MR) is 107 cm³/mol. The van der Waals surface area contributed by atoms with Crippen LogP contribution in [-0.4, -0.2) is 5.91 Å². The van der Waals surface area contributed by atoms with E-state index in [9.17, 15) is 4.79 Å². The fourth-order valence-corrected chi connectivity index (χ4v) is 3.12. The van der Waals surface area contributed by atoms with Gasteiger partial charge in [0.2, 0.25) is 0 Å². The molecule has 2 aromatic carbocycles. The lowest BCUT2D eigenvalue weighted by Gasteiger charge is -2.10. The van der Waals surface area contributed by atoms with Crippen LogP contribution < -0.4 is 5.32 Å². The molecule has 1 N–H and O–H groups in total. The van der Waals surface area contributed by atoms with Gasteiger partial charge < -0.3 is 9.73 Å². The Kier molecular flexibility index (Phi) is 5.70. The van der Waals surface area contributed by atoms with Gasteiger partial charge in [-0.2, -0.15) is 0 Å². The Balaban J connectivity index is 1.74. The molecule has 26 heavy (non-hydrogen) atoms. The van der Waals surface area contributed by atoms with Gasteiger partial charge in [-0.3, -0.25) is 4.79 Å². The highest BCUT2D eigenvalue weighted by molar-refractivity contribution is 6.36. The van der Waals surface area contributed by atoms with Crippen LogP contribution in [0, 0.1) is 0 Å². The standard InChI is InChI=1S/C21H19Cl2NO2/c1-3-13(2)14-4-7-16(8-5-14)24-21(25)20-11-10-19(26-20)17-9-6-15(22)12-18(17)23/h4-13H,3H2,1-2H3,(H,24,25). The summed E-state index contributed by atoms with van der Waals surface area (Å²) >= 11 is 12.1. The fraction of sp³-hybridized carbons (Fsp3) is 0.190. The van der Waals surface area contributed by atoms with Gasteiger partial charge >= 0.3 is 0 Å². The number of nitrogens with one attached hydrogen (secondary N) is 1. The largest absolute Gasteiger partial charge is 0.451 e. The van der Waals surface area contributed by atoms with E-state index in [0.29, 0.717) is 27.3 Å². The minimum absolute atomic E-state index is 0.219. The number of hydrogen-bond donors (Lipinski definition) is 1. The van der Waals surface area contributed by atoms with Crippen molar-refractivity contribution < 1.29 is 9.21 Å². The van der Waals surface area contributed by atoms with E-state index in [4.69, 9.17) is 27.6 Å². The third-order valence-electron chi connectivity index (χ3n) is 4.38. The van der Waals surface area contributed by atoms with Crippen molar-refractivity contribution in [1.82, 2.24) is 0 Å². The van der Waals surface area contributed by atoms with Crippen molar-refractivity contribution in [3.63, 3.8) is 0 Å². The second-order valence-corrected chi connectivity index (χ2v) is 7.02. The zero-order valence-corrected chi connectivity index (χ0v) is 16.1. The number of halogens is 2. The number of rotatable bonds is 5. The Morgan fingerprint density at radius 1 is 1.08 bits per heavy atom. The minimum Gasteiger partial charge on any atom is -0.451 e. The summed E-state index contributed by atoms with van der Waals surface area (Å²) in [6.45, 7) is 4.33. The number of amides is 1. The molecule has 1 atom stereocenters. The molecule has 0 radical (unpaired) electrons. The van der Waals surface area contributed by atoms with Crippen LogP contribution in [0.4, 0.5) is 5.69 Å². The quantitative estimate of drug-likeness (QED) is 0.510. The third-order valence-corrected chi connectivity index (χ3v) is 4.92. The molecule has 0 fully saturated rings. The summed E-state index contributed by atoms with van der Waals surface area (Å²) in [6.07, 6.45) is 1.08. The molecule has 0 spiro atoms. The van der Waals surface area contributed by atoms with Crippen LogP contribution in [0.1, 0.15) is 42.3 Å². The third kappa shape index (κ3) is 4.12. The minimum atomic E-state index is -0.308. The first-order chi connectivity index (χ1) is 12.5. The van der Waals surface area contributed by atoms with E-state index in [0.717, 1.165) is 12.1 Å². The Bertz CT molecular complexity index is 916. The average molecular weight is 388 g/mol. The zero-order valence-electron chi connectivity index (χ0n) is 14.6. The molecular formula is C21H19Cl2NO2. The van der Waals surface area contributed by atoms with Crippen LogP contribution in [0.2, 0.25) is 10.0 Å². The van der Waals surface area contributed by atoms with Gasteiger partial charge in [0.05, 0.1) is 5.02 Å². The molecular weight excluding hydrogens is 369 g/mol. The molecule has 3 aromatic rings. The molecule has 0 saturated heterocycles. The number of benzene rings is 2. The van der Waals surface area contributed by atoms with Crippen LogP contribution in [0.5, 0.6) is 0 Å². The van der Waals surface area contributed by atoms with E-state index >= 15 is 0 Å². The maximum Gasteiger partial charge on any atom is 0.291 e. The zero-order chi connectivity index (χ0) is 18.7. The van der Waals surface area contributed by atoms with Gasteiger partial charge in [0, 0.05) is 16.3 Å². The Morgan fingerprint density at radius 3 is 2.46 bits per heavy atom. The highest BCUT2D eigenvalue weighted by atomic mass is 35.5. The van der Waals surface area contributed by atoms with Crippen molar-refractivity contribution in [3.05, 3.63) is 76.0 Å². The normalized spacial score (nSPS) is 12.0. The number of anilines is 1. The van der Waals surface area contributed by atoms with Crippen LogP contribution in [0.15, 0.2) is 59.0 Å². The van der Waals surface area contributed by atoms with Gasteiger partial charge in [-0.15, -0.1) is 0 Å². The molecule has 1 heterocycles. The number of carbonyl (C=O) groups excluding carboxylic acids is 1. The smallest absolute Gasteiger partial charge is 0.291 e. The highest BCUT2D eigenvalue weighted by Gasteiger charge is 2.14. The molecule has 134 valence electrons. The monoisotopic (exact) mass is 387 g/mol. The number of carbonyl (C=O) groups is 1. The summed E-state index contributed by atoms with van der Waals surface area (Å²) in [7, 11) is 0. The van der Waals surface area contributed by atoms with Crippen LogP contribution >= 0.6 is 23.2 Å². The number of furan rings is 1. The SMILES string of the molecule is CCC(C)c1ccc(NC(=O)c2ccc(-c3ccc(Cl)cc3Cl)o2)cc1. The van der Waals surface area contributed by atoms with E-state index in [-0.39, 0.29) is 11.7 Å². The van der Waals surface area contributed by atoms with E-state index in [1.165, 1.54) is 5.56 Å². The summed E-state index contributed by atoms with van der Waals surface area (Å²) in [6, 6.07) is 16.3. The summed E-state index contributed by atoms with van der Waals surface area (Å²) in [4.78, 5) is 12.4. The molecule has 0 saturated carbocycles. The van der Waals surface area contributed by atoms with Gasteiger partial charge in [-0.05, 0) is 60.4 Å². The Morgan fingerprint density at radius 2 is 1.81 bits per heavy atom. The van der Waals surface area contributed by atoms with E-state index < -0.39 is 0 Å². The van der Waals surface area contributed by atoms with Crippen molar-refractivity contribution in [2.75, 3.05) is 5.32 Å². The predicted octanol–water partition coefficient (Wildman–Crippen LogP) is 7.02. The molecule has 0 aliphatic carbocycles. The summed E-state index contributed by atoms with van der Waals surface area (Å²) < 4.78 is 5.66. The van der Waals surface area contributed by atoms with Gasteiger partial charge in [0.15, 0.2) is 5.76 Å². The van der Waals surface area contributed by atoms with Gasteiger partial charge in [-0.25, -0.2) is 0 Å². The van der Waals surface area contributed by atoms with Crippen molar-refractivity contribution >= 4 is 34.8 Å². The van der Waals surface area contributed by atoms with Gasteiger partial charge in [0.1, 0.15) is 5.76 Å². The summed E-state index contributed by atoms with van der Waals surface area (Å²) in [5.41, 5.74) is 2.67.